The second-order valence-corrected chi connectivity index (χ2v) is 14.4. The first-order valence-corrected chi connectivity index (χ1v) is 12.8. The standard InChI is InChI=1S/C15H31NO6SSi/c1-15(2,3)24(6,7)22-12-9-10(21-23(5,18)19)8-11(13(12)16)14(17)20-4/h10-13H,8-9,16H2,1-7H3/t10-,11+,12-,13-/m1/s1. The van der Waals surface area contributed by atoms with E-state index in [9.17, 15) is 13.2 Å². The Morgan fingerprint density at radius 2 is 1.75 bits per heavy atom. The van der Waals surface area contributed by atoms with Crippen LogP contribution in [-0.4, -0.2) is 54.3 Å². The fourth-order valence-electron chi connectivity index (χ4n) is 2.62. The highest BCUT2D eigenvalue weighted by Crippen LogP contribution is 2.40. The summed E-state index contributed by atoms with van der Waals surface area (Å²) in [6.45, 7) is 10.5. The molecule has 4 atom stereocenters. The van der Waals surface area contributed by atoms with Crippen LogP contribution < -0.4 is 5.73 Å². The van der Waals surface area contributed by atoms with Gasteiger partial charge < -0.3 is 14.9 Å². The quantitative estimate of drug-likeness (QED) is 0.438. The van der Waals surface area contributed by atoms with Gasteiger partial charge in [0.15, 0.2) is 8.32 Å². The number of hydrogen-bond donors (Lipinski definition) is 1. The fraction of sp³-hybridized carbons (Fsp3) is 0.933. The summed E-state index contributed by atoms with van der Waals surface area (Å²) < 4.78 is 39.3. The third kappa shape index (κ3) is 5.52. The van der Waals surface area contributed by atoms with E-state index in [0.717, 1.165) is 6.26 Å². The number of rotatable bonds is 5. The number of methoxy groups -OCH3 is 1. The van der Waals surface area contributed by atoms with Crippen molar-refractivity contribution < 1.29 is 26.6 Å². The van der Waals surface area contributed by atoms with Gasteiger partial charge in [-0.05, 0) is 24.6 Å². The summed E-state index contributed by atoms with van der Waals surface area (Å²) in [6.07, 6.45) is 0.458. The van der Waals surface area contributed by atoms with Crippen LogP contribution in [0.3, 0.4) is 0 Å². The van der Waals surface area contributed by atoms with Crippen molar-refractivity contribution in [3.8, 4) is 0 Å². The van der Waals surface area contributed by atoms with Gasteiger partial charge >= 0.3 is 5.97 Å². The molecule has 0 spiro atoms. The molecule has 7 nitrogen and oxygen atoms in total. The predicted octanol–water partition coefficient (Wildman–Crippen LogP) is 1.63. The molecule has 0 saturated heterocycles. The van der Waals surface area contributed by atoms with Gasteiger partial charge in [-0.25, -0.2) is 0 Å². The molecule has 0 amide bonds. The van der Waals surface area contributed by atoms with Gasteiger partial charge in [-0.2, -0.15) is 8.42 Å². The van der Waals surface area contributed by atoms with Gasteiger partial charge in [-0.15, -0.1) is 0 Å². The molecule has 1 aliphatic rings. The van der Waals surface area contributed by atoms with Gasteiger partial charge in [0.05, 0.1) is 31.5 Å². The number of ether oxygens (including phenoxy) is 1. The van der Waals surface area contributed by atoms with Crippen molar-refractivity contribution in [3.63, 3.8) is 0 Å². The van der Waals surface area contributed by atoms with E-state index in [1.54, 1.807) is 0 Å². The lowest BCUT2D eigenvalue weighted by atomic mass is 9.81. The van der Waals surface area contributed by atoms with Crippen molar-refractivity contribution in [2.24, 2.45) is 11.7 Å². The van der Waals surface area contributed by atoms with E-state index < -0.39 is 48.6 Å². The smallest absolute Gasteiger partial charge is 0.310 e. The van der Waals surface area contributed by atoms with Gasteiger partial charge in [0.2, 0.25) is 0 Å². The molecule has 1 aliphatic carbocycles. The lowest BCUT2D eigenvalue weighted by molar-refractivity contribution is -0.150. The van der Waals surface area contributed by atoms with Crippen LogP contribution in [0.2, 0.25) is 18.1 Å². The molecule has 0 unspecified atom stereocenters. The molecular formula is C15H31NO6SSi. The van der Waals surface area contributed by atoms with Crippen LogP contribution in [0.5, 0.6) is 0 Å². The molecule has 1 saturated carbocycles. The molecule has 1 fully saturated rings. The number of hydrogen-bond acceptors (Lipinski definition) is 7. The number of nitrogens with two attached hydrogens (primary N) is 1. The van der Waals surface area contributed by atoms with Crippen LogP contribution in [-0.2, 0) is 28.3 Å². The Morgan fingerprint density at radius 3 is 2.17 bits per heavy atom. The Hall–Kier alpha value is -0.483. The first-order chi connectivity index (χ1) is 10.7. The summed E-state index contributed by atoms with van der Waals surface area (Å²) in [5.74, 6) is -1.11. The zero-order chi connectivity index (χ0) is 18.9. The highest BCUT2D eigenvalue weighted by Gasteiger charge is 2.47. The van der Waals surface area contributed by atoms with Crippen LogP contribution in [0.15, 0.2) is 0 Å². The third-order valence-corrected chi connectivity index (χ3v) is 10.1. The Labute approximate surface area is 146 Å². The first kappa shape index (κ1) is 21.6. The molecule has 0 aromatic rings. The van der Waals surface area contributed by atoms with Gasteiger partial charge in [-0.3, -0.25) is 8.98 Å². The molecule has 2 N–H and O–H groups in total. The SMILES string of the molecule is COC(=O)[C@H]1C[C@@H](OS(C)(=O)=O)C[C@@H](O[Si](C)(C)C(C)(C)C)[C@@H]1N. The van der Waals surface area contributed by atoms with E-state index in [-0.39, 0.29) is 11.5 Å². The molecule has 0 aromatic carbocycles. The lowest BCUT2D eigenvalue weighted by Gasteiger charge is -2.45. The highest BCUT2D eigenvalue weighted by molar-refractivity contribution is 7.86. The Kier molecular flexibility index (Phi) is 6.65. The van der Waals surface area contributed by atoms with E-state index >= 15 is 0 Å². The molecule has 0 aliphatic heterocycles. The number of carbonyl (C=O) groups excluding carboxylic acids is 1. The average Bonchev–Trinajstić information content (AvgIpc) is 2.38. The average molecular weight is 382 g/mol. The Morgan fingerprint density at radius 1 is 1.21 bits per heavy atom. The van der Waals surface area contributed by atoms with Crippen molar-refractivity contribution in [3.05, 3.63) is 0 Å². The van der Waals surface area contributed by atoms with Crippen molar-refractivity contribution in [2.75, 3.05) is 13.4 Å². The summed E-state index contributed by atoms with van der Waals surface area (Å²) in [5, 5.41) is -0.0296. The summed E-state index contributed by atoms with van der Waals surface area (Å²) in [6, 6.07) is -0.550. The summed E-state index contributed by atoms with van der Waals surface area (Å²) in [4.78, 5) is 12.0. The van der Waals surface area contributed by atoms with Crippen molar-refractivity contribution in [2.45, 2.75) is 70.0 Å². The zero-order valence-corrected chi connectivity index (χ0v) is 17.5. The van der Waals surface area contributed by atoms with E-state index in [2.05, 4.69) is 33.9 Å². The normalized spacial score (nSPS) is 29.3. The molecule has 0 radical (unpaired) electrons. The number of esters is 1. The molecular weight excluding hydrogens is 350 g/mol. The van der Waals surface area contributed by atoms with E-state index in [4.69, 9.17) is 19.1 Å². The minimum atomic E-state index is -3.63. The summed E-state index contributed by atoms with van der Waals surface area (Å²) in [5.41, 5.74) is 6.27. The van der Waals surface area contributed by atoms with Crippen molar-refractivity contribution in [1.82, 2.24) is 0 Å². The maximum absolute atomic E-state index is 12.0. The van der Waals surface area contributed by atoms with E-state index in [1.165, 1.54) is 7.11 Å². The second kappa shape index (κ2) is 7.41. The van der Waals surface area contributed by atoms with E-state index in [0.29, 0.717) is 6.42 Å². The number of carbonyl (C=O) groups is 1. The minimum absolute atomic E-state index is 0.0296. The molecule has 0 bridgehead atoms. The lowest BCUT2D eigenvalue weighted by Crippen LogP contribution is -2.57. The predicted molar refractivity (Wildman–Crippen MR) is 94.5 cm³/mol. The molecule has 142 valence electrons. The first-order valence-electron chi connectivity index (χ1n) is 8.07. The van der Waals surface area contributed by atoms with Crippen LogP contribution in [0.4, 0.5) is 0 Å². The van der Waals surface area contributed by atoms with Gasteiger partial charge in [0.1, 0.15) is 0 Å². The molecule has 1 rings (SSSR count). The van der Waals surface area contributed by atoms with E-state index in [1.807, 2.05) is 0 Å². The van der Waals surface area contributed by atoms with Crippen LogP contribution >= 0.6 is 0 Å². The second-order valence-electron chi connectivity index (χ2n) is 8.02. The minimum Gasteiger partial charge on any atom is -0.469 e. The summed E-state index contributed by atoms with van der Waals surface area (Å²) >= 11 is 0. The van der Waals surface area contributed by atoms with Crippen molar-refractivity contribution in [1.29, 1.82) is 0 Å². The Balaban J connectivity index is 3.05. The Bertz CT molecular complexity index is 557. The monoisotopic (exact) mass is 381 g/mol. The summed E-state index contributed by atoms with van der Waals surface area (Å²) in [7, 11) is -4.47. The van der Waals surface area contributed by atoms with Crippen LogP contribution in [0, 0.1) is 5.92 Å². The van der Waals surface area contributed by atoms with Crippen LogP contribution in [0.1, 0.15) is 33.6 Å². The van der Waals surface area contributed by atoms with Gasteiger partial charge in [0, 0.05) is 12.5 Å². The molecule has 9 heteroatoms. The van der Waals surface area contributed by atoms with Gasteiger partial charge in [0.25, 0.3) is 10.1 Å². The third-order valence-electron chi connectivity index (χ3n) is 4.97. The fourth-order valence-corrected chi connectivity index (χ4v) is 4.64. The zero-order valence-electron chi connectivity index (χ0n) is 15.7. The molecule has 0 heterocycles. The molecule has 0 aromatic heterocycles. The largest absolute Gasteiger partial charge is 0.469 e. The van der Waals surface area contributed by atoms with Gasteiger partial charge in [-0.1, -0.05) is 20.8 Å². The van der Waals surface area contributed by atoms with Crippen molar-refractivity contribution >= 4 is 24.4 Å². The molecule has 24 heavy (non-hydrogen) atoms. The highest BCUT2D eigenvalue weighted by atomic mass is 32.2. The topological polar surface area (TPSA) is 105 Å². The van der Waals surface area contributed by atoms with Crippen LogP contribution in [0.25, 0.3) is 0 Å². The maximum atomic E-state index is 12.0. The maximum Gasteiger partial charge on any atom is 0.310 e.